The molecular formula is C25H19FN4O4S. The summed E-state index contributed by atoms with van der Waals surface area (Å²) in [6.45, 7) is 0. The van der Waals surface area contributed by atoms with Gasteiger partial charge in [-0.25, -0.2) is 4.39 Å². The predicted molar refractivity (Wildman–Crippen MR) is 128 cm³/mol. The van der Waals surface area contributed by atoms with Crippen LogP contribution in [-0.2, 0) is 10.3 Å². The number of pyridine rings is 1. The van der Waals surface area contributed by atoms with Crippen LogP contribution in [-0.4, -0.2) is 44.2 Å². The van der Waals surface area contributed by atoms with Crippen molar-refractivity contribution in [3.63, 3.8) is 0 Å². The van der Waals surface area contributed by atoms with Gasteiger partial charge in [0, 0.05) is 53.2 Å². The monoisotopic (exact) mass is 490 g/mol. The van der Waals surface area contributed by atoms with Crippen molar-refractivity contribution in [2.75, 3.05) is 16.9 Å². The first-order valence-corrected chi connectivity index (χ1v) is 12.2. The minimum atomic E-state index is -1.42. The number of hydrogen-bond donors (Lipinski definition) is 1. The number of fused-ring (bicyclic) bond motifs is 4. The molecule has 2 aromatic carbocycles. The molecule has 3 aromatic rings. The molecule has 4 heterocycles. The SMILES string of the molecule is O=C(c1ccccn1)[C@@H]1[C@@H](c2ccc([N+](=O)[O-])cc2)[C@@H]2CSCN2[C@@]12C(=O)Nc1ccc(F)cc12. The van der Waals surface area contributed by atoms with E-state index >= 15 is 0 Å². The van der Waals surface area contributed by atoms with Gasteiger partial charge in [0.2, 0.25) is 5.91 Å². The van der Waals surface area contributed by atoms with E-state index in [2.05, 4.69) is 10.3 Å². The molecule has 0 unspecified atom stereocenters. The Morgan fingerprint density at radius 3 is 2.71 bits per heavy atom. The van der Waals surface area contributed by atoms with Gasteiger partial charge in [-0.3, -0.25) is 29.6 Å². The maximum Gasteiger partial charge on any atom is 0.269 e. The van der Waals surface area contributed by atoms with Gasteiger partial charge in [0.25, 0.3) is 5.69 Å². The third-order valence-electron chi connectivity index (χ3n) is 7.27. The largest absolute Gasteiger partial charge is 0.324 e. The van der Waals surface area contributed by atoms with E-state index in [1.807, 2.05) is 4.90 Å². The summed E-state index contributed by atoms with van der Waals surface area (Å²) >= 11 is 1.64. The van der Waals surface area contributed by atoms with Gasteiger partial charge in [-0.05, 0) is 35.9 Å². The molecule has 8 nitrogen and oxygen atoms in total. The summed E-state index contributed by atoms with van der Waals surface area (Å²) in [5.74, 6) is -1.40. The molecule has 3 aliphatic heterocycles. The number of nitrogens with one attached hydrogen (secondary N) is 1. The van der Waals surface area contributed by atoms with Crippen LogP contribution in [0.3, 0.4) is 0 Å². The lowest BCUT2D eigenvalue weighted by atomic mass is 9.70. The van der Waals surface area contributed by atoms with Crippen molar-refractivity contribution in [1.82, 2.24) is 9.88 Å². The van der Waals surface area contributed by atoms with Crippen LogP contribution < -0.4 is 5.32 Å². The lowest BCUT2D eigenvalue weighted by Gasteiger charge is -2.36. The number of carbonyl (C=O) groups excluding carboxylic acids is 2. The highest BCUT2D eigenvalue weighted by atomic mass is 32.2. The fraction of sp³-hybridized carbons (Fsp3) is 0.240. The van der Waals surface area contributed by atoms with E-state index in [-0.39, 0.29) is 29.1 Å². The second kappa shape index (κ2) is 7.96. The van der Waals surface area contributed by atoms with E-state index in [1.165, 1.54) is 36.5 Å². The second-order valence-electron chi connectivity index (χ2n) is 8.88. The molecule has 35 heavy (non-hydrogen) atoms. The fourth-order valence-electron chi connectivity index (χ4n) is 5.91. The number of nitro groups is 1. The average Bonchev–Trinajstić information content (AvgIpc) is 3.53. The van der Waals surface area contributed by atoms with Crippen LogP contribution in [0.25, 0.3) is 0 Å². The van der Waals surface area contributed by atoms with Crippen molar-refractivity contribution in [3.05, 3.63) is 99.6 Å². The Labute approximate surface area is 203 Å². The standard InChI is InChI=1S/C25H19FN4O4S/c26-15-6-9-18-17(11-15)25(24(32)28-18)22(23(31)19-3-1-2-10-27-19)21(20-12-35-13-29(20)25)14-4-7-16(8-5-14)30(33)34/h1-11,20-22H,12-13H2,(H,28,32)/t20-,21-,22-,25+/m0/s1. The molecule has 2 saturated heterocycles. The number of halogens is 1. The lowest BCUT2D eigenvalue weighted by molar-refractivity contribution is -0.384. The van der Waals surface area contributed by atoms with Gasteiger partial charge < -0.3 is 5.32 Å². The highest BCUT2D eigenvalue weighted by Crippen LogP contribution is 2.61. The third kappa shape index (κ3) is 3.06. The van der Waals surface area contributed by atoms with Crippen molar-refractivity contribution in [2.45, 2.75) is 17.5 Å². The Balaban J connectivity index is 1.60. The number of rotatable bonds is 4. The number of nitro benzene ring substituents is 1. The molecule has 2 fully saturated rings. The number of thioether (sulfide) groups is 1. The minimum absolute atomic E-state index is 0.0576. The first-order valence-electron chi connectivity index (χ1n) is 11.1. The first kappa shape index (κ1) is 21.9. The van der Waals surface area contributed by atoms with Crippen LogP contribution in [0.4, 0.5) is 15.8 Å². The van der Waals surface area contributed by atoms with E-state index < -0.39 is 28.1 Å². The van der Waals surface area contributed by atoms with Crippen molar-refractivity contribution < 1.29 is 18.9 Å². The highest BCUT2D eigenvalue weighted by Gasteiger charge is 2.69. The van der Waals surface area contributed by atoms with Crippen molar-refractivity contribution in [2.24, 2.45) is 5.92 Å². The number of nitrogens with zero attached hydrogens (tertiary/aromatic N) is 3. The summed E-state index contributed by atoms with van der Waals surface area (Å²) in [5.41, 5.74) is 0.376. The number of amides is 1. The molecule has 0 saturated carbocycles. The Bertz CT molecular complexity index is 1370. The zero-order chi connectivity index (χ0) is 24.3. The van der Waals surface area contributed by atoms with Gasteiger partial charge in [-0.15, -0.1) is 11.8 Å². The van der Waals surface area contributed by atoms with Crippen LogP contribution in [0.5, 0.6) is 0 Å². The summed E-state index contributed by atoms with van der Waals surface area (Å²) in [7, 11) is 0. The molecule has 176 valence electrons. The van der Waals surface area contributed by atoms with Crippen LogP contribution in [0.2, 0.25) is 0 Å². The van der Waals surface area contributed by atoms with Gasteiger partial charge in [0.1, 0.15) is 17.1 Å². The Hall–Kier alpha value is -3.63. The molecule has 6 rings (SSSR count). The number of anilines is 1. The molecule has 1 aromatic heterocycles. The maximum atomic E-state index is 14.5. The van der Waals surface area contributed by atoms with Gasteiger partial charge in [0.15, 0.2) is 5.78 Å². The van der Waals surface area contributed by atoms with E-state index in [0.717, 1.165) is 5.56 Å². The number of ketones is 1. The molecule has 1 spiro atoms. The van der Waals surface area contributed by atoms with E-state index in [9.17, 15) is 24.1 Å². The van der Waals surface area contributed by atoms with Crippen LogP contribution in [0.1, 0.15) is 27.5 Å². The fourth-order valence-corrected chi connectivity index (χ4v) is 7.23. The van der Waals surface area contributed by atoms with E-state index in [1.54, 1.807) is 42.1 Å². The Morgan fingerprint density at radius 1 is 1.20 bits per heavy atom. The van der Waals surface area contributed by atoms with E-state index in [4.69, 9.17) is 0 Å². The minimum Gasteiger partial charge on any atom is -0.324 e. The maximum absolute atomic E-state index is 14.5. The molecule has 0 bridgehead atoms. The number of aromatic nitrogens is 1. The molecular weight excluding hydrogens is 471 g/mol. The Morgan fingerprint density at radius 2 is 2.00 bits per heavy atom. The third-order valence-corrected chi connectivity index (χ3v) is 8.31. The van der Waals surface area contributed by atoms with Crippen LogP contribution in [0, 0.1) is 21.8 Å². The second-order valence-corrected chi connectivity index (χ2v) is 9.88. The Kier molecular flexibility index (Phi) is 4.97. The van der Waals surface area contributed by atoms with Gasteiger partial charge in [-0.1, -0.05) is 18.2 Å². The smallest absolute Gasteiger partial charge is 0.269 e. The van der Waals surface area contributed by atoms with Gasteiger partial charge >= 0.3 is 0 Å². The first-order chi connectivity index (χ1) is 16.9. The molecule has 0 radical (unpaired) electrons. The number of benzene rings is 2. The topological polar surface area (TPSA) is 105 Å². The lowest BCUT2D eigenvalue weighted by Crippen LogP contribution is -2.52. The summed E-state index contributed by atoms with van der Waals surface area (Å²) in [4.78, 5) is 45.0. The number of non-ortho nitro benzene ring substituents is 1. The molecule has 4 atom stereocenters. The predicted octanol–water partition coefficient (Wildman–Crippen LogP) is 3.95. The summed E-state index contributed by atoms with van der Waals surface area (Å²) in [6.07, 6.45) is 1.52. The quantitative estimate of drug-likeness (QED) is 0.335. The molecule has 0 aliphatic carbocycles. The highest BCUT2D eigenvalue weighted by molar-refractivity contribution is 7.99. The number of Topliss-reactive ketones (excluding diaryl/α,β-unsaturated/α-hetero) is 1. The number of hydrogen-bond acceptors (Lipinski definition) is 7. The van der Waals surface area contributed by atoms with E-state index in [0.29, 0.717) is 22.9 Å². The zero-order valence-corrected chi connectivity index (χ0v) is 19.1. The van der Waals surface area contributed by atoms with Crippen molar-refractivity contribution in [1.29, 1.82) is 0 Å². The zero-order valence-electron chi connectivity index (χ0n) is 18.3. The van der Waals surface area contributed by atoms with Crippen molar-refractivity contribution in [3.8, 4) is 0 Å². The van der Waals surface area contributed by atoms with Crippen LogP contribution in [0.15, 0.2) is 66.9 Å². The normalized spacial score (nSPS) is 27.0. The summed E-state index contributed by atoms with van der Waals surface area (Å²) in [6, 6.07) is 15.1. The number of carbonyl (C=O) groups is 2. The molecule has 1 N–H and O–H groups in total. The molecule has 1 amide bonds. The molecule has 3 aliphatic rings. The van der Waals surface area contributed by atoms with Crippen LogP contribution >= 0.6 is 11.8 Å². The van der Waals surface area contributed by atoms with Gasteiger partial charge in [0.05, 0.1) is 10.8 Å². The van der Waals surface area contributed by atoms with Gasteiger partial charge in [-0.2, -0.15) is 0 Å². The summed E-state index contributed by atoms with van der Waals surface area (Å²) < 4.78 is 14.5. The summed E-state index contributed by atoms with van der Waals surface area (Å²) in [5, 5.41) is 14.1. The molecule has 10 heteroatoms. The van der Waals surface area contributed by atoms with Crippen molar-refractivity contribution >= 4 is 34.8 Å². The average molecular weight is 491 g/mol.